The molecule has 0 aromatic heterocycles. The molecule has 0 radical (unpaired) electrons. The van der Waals surface area contributed by atoms with Gasteiger partial charge in [0.1, 0.15) is 5.71 Å². The summed E-state index contributed by atoms with van der Waals surface area (Å²) in [5, 5.41) is 21.1. The van der Waals surface area contributed by atoms with Gasteiger partial charge in [-0.3, -0.25) is 10.0 Å². The highest BCUT2D eigenvalue weighted by molar-refractivity contribution is 6.14. The smallest absolute Gasteiger partial charge is 0.248 e. The normalized spacial score (nSPS) is 12.7. The predicted molar refractivity (Wildman–Crippen MR) is 106 cm³/mol. The average molecular weight is 368 g/mol. The van der Waals surface area contributed by atoms with Gasteiger partial charge in [0.05, 0.1) is 0 Å². The fraction of sp³-hybridized carbons (Fsp3) is 0.364. The molecule has 1 aliphatic carbocycles. The van der Waals surface area contributed by atoms with Gasteiger partial charge < -0.3 is 5.21 Å². The first-order valence-electron chi connectivity index (χ1n) is 9.27. The lowest BCUT2D eigenvalue weighted by molar-refractivity contribution is -0.138. The van der Waals surface area contributed by atoms with E-state index in [9.17, 15) is 10.0 Å². The highest BCUT2D eigenvalue weighted by atomic mass is 16.5. The van der Waals surface area contributed by atoms with Gasteiger partial charge in [-0.15, -0.1) is 0 Å². The lowest BCUT2D eigenvalue weighted by atomic mass is 9.87. The topological polar surface area (TPSA) is 81.9 Å². The minimum Gasteiger partial charge on any atom is -0.410 e. The summed E-state index contributed by atoms with van der Waals surface area (Å²) in [5.41, 5.74) is 6.48. The summed E-state index contributed by atoms with van der Waals surface area (Å²) >= 11 is 0. The Kier molecular flexibility index (Phi) is 7.13. The van der Waals surface area contributed by atoms with E-state index in [-0.39, 0.29) is 5.91 Å². The van der Waals surface area contributed by atoms with E-state index in [0.29, 0.717) is 5.71 Å². The fourth-order valence-electron chi connectivity index (χ4n) is 3.35. The van der Waals surface area contributed by atoms with Gasteiger partial charge in [-0.05, 0) is 30.4 Å². The molecule has 3 N–H and O–H groups in total. The minimum absolute atomic E-state index is 0.311. The quantitative estimate of drug-likeness (QED) is 0.428. The van der Waals surface area contributed by atoms with E-state index in [0.717, 1.165) is 36.8 Å². The van der Waals surface area contributed by atoms with E-state index in [1.54, 1.807) is 5.48 Å². The van der Waals surface area contributed by atoms with Crippen LogP contribution in [0, 0.1) is 5.41 Å². The van der Waals surface area contributed by atoms with Crippen LogP contribution >= 0.6 is 0 Å². The van der Waals surface area contributed by atoms with Crippen molar-refractivity contribution in [1.29, 1.82) is 0 Å². The molecular formula is C22H28N2O3. The first-order valence-corrected chi connectivity index (χ1v) is 9.27. The van der Waals surface area contributed by atoms with Crippen molar-refractivity contribution in [1.82, 2.24) is 5.48 Å². The van der Waals surface area contributed by atoms with Crippen LogP contribution in [0.25, 0.3) is 0 Å². The van der Waals surface area contributed by atoms with E-state index in [4.69, 9.17) is 5.21 Å². The minimum atomic E-state index is -0.441. The summed E-state index contributed by atoms with van der Waals surface area (Å²) in [4.78, 5) is 10.9. The molecule has 0 aliphatic heterocycles. The van der Waals surface area contributed by atoms with Crippen LogP contribution < -0.4 is 5.48 Å². The van der Waals surface area contributed by atoms with Crippen LogP contribution in [0.5, 0.6) is 0 Å². The van der Waals surface area contributed by atoms with E-state index < -0.39 is 5.41 Å². The van der Waals surface area contributed by atoms with Crippen molar-refractivity contribution in [3.05, 3.63) is 70.8 Å². The lowest BCUT2D eigenvalue weighted by Gasteiger charge is -2.20. The Morgan fingerprint density at radius 1 is 1.04 bits per heavy atom. The van der Waals surface area contributed by atoms with Crippen LogP contribution in [0.3, 0.4) is 0 Å². The number of fused-ring (bicyclic) bond motifs is 2. The van der Waals surface area contributed by atoms with E-state index in [1.165, 1.54) is 11.1 Å². The number of hydrogen-bond acceptors (Lipinski definition) is 4. The predicted octanol–water partition coefficient (Wildman–Crippen LogP) is 4.33. The standard InChI is InChI=1S/C15H13NO.C7H15NO2/c17-16-15-13-7-3-1-5-11(13)9-10-12-6-2-4-8-14(12)15;1-4-5-7(2,3)6(9)8-10/h1-8,17H,9-10H2;10H,4-5H2,1-3H3,(H,8,9). The monoisotopic (exact) mass is 368 g/mol. The summed E-state index contributed by atoms with van der Waals surface area (Å²) in [6, 6.07) is 16.3. The molecule has 3 rings (SSSR count). The third kappa shape index (κ3) is 4.95. The Morgan fingerprint density at radius 3 is 1.93 bits per heavy atom. The number of aryl methyl sites for hydroxylation is 2. The molecule has 27 heavy (non-hydrogen) atoms. The van der Waals surface area contributed by atoms with Gasteiger partial charge >= 0.3 is 0 Å². The number of carbonyl (C=O) groups is 1. The van der Waals surface area contributed by atoms with Gasteiger partial charge in [0.25, 0.3) is 0 Å². The molecule has 5 heteroatoms. The number of nitrogens with one attached hydrogen (secondary N) is 1. The largest absolute Gasteiger partial charge is 0.410 e. The third-order valence-corrected chi connectivity index (χ3v) is 4.90. The maximum atomic E-state index is 10.9. The number of nitrogens with zero attached hydrogens (tertiary/aromatic N) is 1. The Bertz CT molecular complexity index is 763. The molecule has 0 fully saturated rings. The molecule has 5 nitrogen and oxygen atoms in total. The van der Waals surface area contributed by atoms with Gasteiger partial charge in [0.15, 0.2) is 0 Å². The summed E-state index contributed by atoms with van der Waals surface area (Å²) in [6.07, 6.45) is 3.72. The van der Waals surface area contributed by atoms with Crippen molar-refractivity contribution in [3.63, 3.8) is 0 Å². The van der Waals surface area contributed by atoms with Crippen molar-refractivity contribution in [2.24, 2.45) is 10.6 Å². The van der Waals surface area contributed by atoms with Gasteiger partial charge in [-0.1, -0.05) is 80.9 Å². The number of benzene rings is 2. The Morgan fingerprint density at radius 2 is 1.52 bits per heavy atom. The zero-order chi connectivity index (χ0) is 19.9. The van der Waals surface area contributed by atoms with Crippen LogP contribution in [0.15, 0.2) is 53.7 Å². The number of amides is 1. The summed E-state index contributed by atoms with van der Waals surface area (Å²) in [6.45, 7) is 5.62. The van der Waals surface area contributed by atoms with E-state index in [1.807, 2.05) is 57.2 Å². The lowest BCUT2D eigenvalue weighted by Crippen LogP contribution is -2.34. The van der Waals surface area contributed by atoms with Crippen LogP contribution in [0.4, 0.5) is 0 Å². The molecule has 0 bridgehead atoms. The second kappa shape index (κ2) is 9.33. The summed E-state index contributed by atoms with van der Waals surface area (Å²) < 4.78 is 0. The molecule has 2 aromatic carbocycles. The first kappa shape index (κ1) is 20.6. The van der Waals surface area contributed by atoms with E-state index >= 15 is 0 Å². The summed E-state index contributed by atoms with van der Waals surface area (Å²) in [7, 11) is 0. The highest BCUT2D eigenvalue weighted by Gasteiger charge is 2.25. The molecule has 0 saturated carbocycles. The van der Waals surface area contributed by atoms with Gasteiger partial charge in [-0.25, -0.2) is 5.48 Å². The Hall–Kier alpha value is -2.66. The molecule has 144 valence electrons. The summed E-state index contributed by atoms with van der Waals surface area (Å²) in [5.74, 6) is -0.311. The zero-order valence-corrected chi connectivity index (χ0v) is 16.2. The molecule has 0 heterocycles. The molecule has 1 aliphatic rings. The molecule has 1 amide bonds. The van der Waals surface area contributed by atoms with Crippen molar-refractivity contribution in [2.45, 2.75) is 46.5 Å². The van der Waals surface area contributed by atoms with Crippen LogP contribution in [0.2, 0.25) is 0 Å². The van der Waals surface area contributed by atoms with Gasteiger partial charge in [0.2, 0.25) is 5.91 Å². The number of hydroxylamine groups is 1. The molecular weight excluding hydrogens is 340 g/mol. The number of rotatable bonds is 3. The number of oxime groups is 1. The maximum Gasteiger partial charge on any atom is 0.248 e. The fourth-order valence-corrected chi connectivity index (χ4v) is 3.35. The first-order chi connectivity index (χ1) is 12.9. The molecule has 0 saturated heterocycles. The van der Waals surface area contributed by atoms with Crippen molar-refractivity contribution in [3.8, 4) is 0 Å². The highest BCUT2D eigenvalue weighted by Crippen LogP contribution is 2.24. The molecule has 2 aromatic rings. The van der Waals surface area contributed by atoms with Crippen molar-refractivity contribution in [2.75, 3.05) is 0 Å². The number of hydrogen-bond donors (Lipinski definition) is 3. The zero-order valence-electron chi connectivity index (χ0n) is 16.2. The van der Waals surface area contributed by atoms with E-state index in [2.05, 4.69) is 17.3 Å². The third-order valence-electron chi connectivity index (χ3n) is 4.90. The Labute approximate surface area is 160 Å². The van der Waals surface area contributed by atoms with Crippen LogP contribution in [-0.4, -0.2) is 22.0 Å². The van der Waals surface area contributed by atoms with Crippen molar-refractivity contribution >= 4 is 11.6 Å². The second-order valence-electron chi connectivity index (χ2n) is 7.34. The van der Waals surface area contributed by atoms with Crippen molar-refractivity contribution < 1.29 is 15.2 Å². The number of carbonyl (C=O) groups excluding carboxylic acids is 1. The van der Waals surface area contributed by atoms with Gasteiger partial charge in [-0.2, -0.15) is 0 Å². The van der Waals surface area contributed by atoms with Crippen LogP contribution in [-0.2, 0) is 17.6 Å². The second-order valence-corrected chi connectivity index (χ2v) is 7.34. The Balaban J connectivity index is 0.000000227. The molecule has 0 unspecified atom stereocenters. The average Bonchev–Trinajstić information content (AvgIpc) is 2.84. The maximum absolute atomic E-state index is 10.9. The SMILES string of the molecule is CCCC(C)(C)C(=O)NO.ON=C1c2ccccc2CCc2ccccc21. The van der Waals surface area contributed by atoms with Gasteiger partial charge in [0, 0.05) is 16.5 Å². The molecule has 0 spiro atoms. The molecule has 0 atom stereocenters. The van der Waals surface area contributed by atoms with Crippen LogP contribution in [0.1, 0.15) is 55.9 Å².